The Kier molecular flexibility index (Phi) is 8.21. The Labute approximate surface area is 219 Å². The predicted molar refractivity (Wildman–Crippen MR) is 145 cm³/mol. The monoisotopic (exact) mass is 500 g/mol. The number of aliphatic carboxylic acids is 1. The van der Waals surface area contributed by atoms with Crippen molar-refractivity contribution in [2.24, 2.45) is 11.8 Å². The number of nitrogens with zero attached hydrogens (tertiary/aromatic N) is 3. The summed E-state index contributed by atoms with van der Waals surface area (Å²) in [4.78, 5) is 35.0. The molecule has 1 aromatic heterocycles. The summed E-state index contributed by atoms with van der Waals surface area (Å²) >= 11 is 0. The van der Waals surface area contributed by atoms with Gasteiger partial charge < -0.3 is 15.3 Å². The molecule has 1 aliphatic heterocycles. The van der Waals surface area contributed by atoms with Crippen molar-refractivity contribution in [3.8, 4) is 11.4 Å². The molecule has 1 unspecified atom stereocenters. The molecule has 7 nitrogen and oxygen atoms in total. The van der Waals surface area contributed by atoms with Gasteiger partial charge in [-0.05, 0) is 79.1 Å². The van der Waals surface area contributed by atoms with Gasteiger partial charge in [0.2, 0.25) is 0 Å². The van der Waals surface area contributed by atoms with Crippen molar-refractivity contribution in [1.82, 2.24) is 14.9 Å². The average Bonchev–Trinajstić information content (AvgIpc) is 2.92. The first kappa shape index (κ1) is 26.3. The fourth-order valence-corrected chi connectivity index (χ4v) is 4.89. The van der Waals surface area contributed by atoms with Crippen LogP contribution in [0.5, 0.6) is 0 Å². The molecule has 37 heavy (non-hydrogen) atoms. The van der Waals surface area contributed by atoms with Crippen LogP contribution in [0.1, 0.15) is 66.7 Å². The summed E-state index contributed by atoms with van der Waals surface area (Å²) in [7, 11) is 0. The first-order valence-corrected chi connectivity index (χ1v) is 13.1. The van der Waals surface area contributed by atoms with Crippen molar-refractivity contribution in [3.05, 3.63) is 77.1 Å². The molecule has 1 saturated heterocycles. The predicted octanol–water partition coefficient (Wildman–Crippen LogP) is 5.76. The van der Waals surface area contributed by atoms with E-state index >= 15 is 0 Å². The maximum atomic E-state index is 13.0. The zero-order valence-electron chi connectivity index (χ0n) is 22.1. The molecule has 0 spiro atoms. The van der Waals surface area contributed by atoms with Gasteiger partial charge >= 0.3 is 5.97 Å². The van der Waals surface area contributed by atoms with E-state index in [-0.39, 0.29) is 18.5 Å². The molecular weight excluding hydrogens is 464 g/mol. The molecular formula is C30H36N4O3. The third kappa shape index (κ3) is 6.16. The Morgan fingerprint density at radius 2 is 1.81 bits per heavy atom. The molecule has 2 N–H and O–H groups in total. The van der Waals surface area contributed by atoms with Gasteiger partial charge in [-0.2, -0.15) is 0 Å². The molecule has 0 bridgehead atoms. The van der Waals surface area contributed by atoms with Crippen molar-refractivity contribution < 1.29 is 14.7 Å². The summed E-state index contributed by atoms with van der Waals surface area (Å²) in [6.45, 7) is 9.44. The number of anilines is 1. The zero-order chi connectivity index (χ0) is 26.5. The van der Waals surface area contributed by atoms with Crippen LogP contribution in [0.2, 0.25) is 0 Å². The number of carboxylic acid groups (broad SMARTS) is 1. The zero-order valence-corrected chi connectivity index (χ0v) is 22.1. The van der Waals surface area contributed by atoms with Crippen molar-refractivity contribution in [2.75, 3.05) is 18.4 Å². The van der Waals surface area contributed by atoms with E-state index in [1.54, 1.807) is 4.90 Å². The summed E-state index contributed by atoms with van der Waals surface area (Å²) < 4.78 is 0. The first-order valence-electron chi connectivity index (χ1n) is 13.1. The summed E-state index contributed by atoms with van der Waals surface area (Å²) in [6, 6.07) is 13.9. The second-order valence-corrected chi connectivity index (χ2v) is 10.2. The molecule has 0 radical (unpaired) electrons. The SMILES string of the molecule is CCc1cnc(-c2ccc(C(Nc3ccc(C(=O)N4CCC[C@@H](C(=O)O)C4)cc3)C(C)C)c(C)c2)nc1. The van der Waals surface area contributed by atoms with Gasteiger partial charge in [-0.15, -0.1) is 0 Å². The maximum absolute atomic E-state index is 13.0. The number of hydrogen-bond donors (Lipinski definition) is 2. The van der Waals surface area contributed by atoms with Crippen LogP contribution in [0.15, 0.2) is 54.9 Å². The second-order valence-electron chi connectivity index (χ2n) is 10.2. The molecule has 2 heterocycles. The Morgan fingerprint density at radius 1 is 1.11 bits per heavy atom. The van der Waals surface area contributed by atoms with Crippen molar-refractivity contribution >= 4 is 17.6 Å². The van der Waals surface area contributed by atoms with Crippen LogP contribution in [0.3, 0.4) is 0 Å². The molecule has 0 aliphatic carbocycles. The van der Waals surface area contributed by atoms with Crippen LogP contribution >= 0.6 is 0 Å². The topological polar surface area (TPSA) is 95.4 Å². The highest BCUT2D eigenvalue weighted by Crippen LogP contribution is 2.31. The molecule has 3 aromatic rings. The van der Waals surface area contributed by atoms with Crippen LogP contribution in [0.4, 0.5) is 5.69 Å². The lowest BCUT2D eigenvalue weighted by Crippen LogP contribution is -2.42. The van der Waals surface area contributed by atoms with E-state index in [1.165, 1.54) is 5.56 Å². The van der Waals surface area contributed by atoms with Crippen molar-refractivity contribution in [1.29, 1.82) is 0 Å². The second kappa shape index (κ2) is 11.5. The van der Waals surface area contributed by atoms with Gasteiger partial charge in [0, 0.05) is 42.3 Å². The van der Waals surface area contributed by atoms with E-state index in [0.29, 0.717) is 30.9 Å². The fraction of sp³-hybridized carbons (Fsp3) is 0.400. The molecule has 1 amide bonds. The Bertz CT molecular complexity index is 1240. The lowest BCUT2D eigenvalue weighted by molar-refractivity contribution is -0.143. The summed E-state index contributed by atoms with van der Waals surface area (Å²) in [5.41, 5.74) is 5.99. The number of aromatic nitrogens is 2. The lowest BCUT2D eigenvalue weighted by atomic mass is 9.91. The minimum atomic E-state index is -0.831. The number of carboxylic acids is 1. The molecule has 194 valence electrons. The van der Waals surface area contributed by atoms with E-state index in [4.69, 9.17) is 0 Å². The minimum absolute atomic E-state index is 0.0809. The van der Waals surface area contributed by atoms with Crippen LogP contribution < -0.4 is 5.32 Å². The summed E-state index contributed by atoms with van der Waals surface area (Å²) in [5.74, 6) is -0.375. The van der Waals surface area contributed by atoms with Gasteiger partial charge in [0.15, 0.2) is 5.82 Å². The van der Waals surface area contributed by atoms with Gasteiger partial charge in [0.1, 0.15) is 0 Å². The molecule has 2 atom stereocenters. The van der Waals surface area contributed by atoms with E-state index in [0.717, 1.165) is 34.6 Å². The number of rotatable bonds is 8. The van der Waals surface area contributed by atoms with Crippen molar-refractivity contribution in [2.45, 2.75) is 53.0 Å². The quantitative estimate of drug-likeness (QED) is 0.408. The number of amides is 1. The molecule has 7 heteroatoms. The number of carbonyl (C=O) groups is 2. The van der Waals surface area contributed by atoms with Gasteiger partial charge in [-0.3, -0.25) is 9.59 Å². The van der Waals surface area contributed by atoms with Crippen molar-refractivity contribution in [3.63, 3.8) is 0 Å². The minimum Gasteiger partial charge on any atom is -0.481 e. The van der Waals surface area contributed by atoms with Crippen LogP contribution in [0.25, 0.3) is 11.4 Å². The first-order chi connectivity index (χ1) is 17.8. The van der Waals surface area contributed by atoms with Gasteiger partial charge in [0.05, 0.1) is 12.0 Å². The number of likely N-dealkylation sites (tertiary alicyclic amines) is 1. The van der Waals surface area contributed by atoms with E-state index in [2.05, 4.69) is 61.2 Å². The normalized spacial score (nSPS) is 16.5. The average molecular weight is 501 g/mol. The maximum Gasteiger partial charge on any atom is 0.308 e. The standard InChI is InChI=1S/C30H36N4O3/c1-5-21-16-31-28(32-17-21)23-10-13-26(20(4)15-23)27(19(2)3)33-25-11-8-22(9-12-25)29(35)34-14-6-7-24(18-34)30(36)37/h8-13,15-17,19,24,27,33H,5-7,14,18H2,1-4H3,(H,36,37)/t24-,27?/m1/s1. The largest absolute Gasteiger partial charge is 0.481 e. The number of aryl methyl sites for hydroxylation is 2. The highest BCUT2D eigenvalue weighted by atomic mass is 16.4. The van der Waals surface area contributed by atoms with Crippen LogP contribution in [-0.2, 0) is 11.2 Å². The van der Waals surface area contributed by atoms with E-state index in [1.807, 2.05) is 36.7 Å². The Morgan fingerprint density at radius 3 is 2.41 bits per heavy atom. The van der Waals surface area contributed by atoms with Gasteiger partial charge in [0.25, 0.3) is 5.91 Å². The molecule has 0 saturated carbocycles. The Hall–Kier alpha value is -3.74. The molecule has 1 aliphatic rings. The van der Waals surface area contributed by atoms with E-state index < -0.39 is 11.9 Å². The molecule has 1 fully saturated rings. The third-order valence-electron chi connectivity index (χ3n) is 7.16. The molecule has 2 aromatic carbocycles. The lowest BCUT2D eigenvalue weighted by Gasteiger charge is -2.31. The summed E-state index contributed by atoms with van der Waals surface area (Å²) in [5, 5.41) is 13.0. The fourth-order valence-electron chi connectivity index (χ4n) is 4.89. The van der Waals surface area contributed by atoms with Gasteiger partial charge in [-0.25, -0.2) is 9.97 Å². The molecule has 4 rings (SSSR count). The smallest absolute Gasteiger partial charge is 0.308 e. The Balaban J connectivity index is 1.48. The third-order valence-corrected chi connectivity index (χ3v) is 7.16. The number of piperidine rings is 1. The highest BCUT2D eigenvalue weighted by molar-refractivity contribution is 5.95. The van der Waals surface area contributed by atoms with Crippen LogP contribution in [0, 0.1) is 18.8 Å². The van der Waals surface area contributed by atoms with Gasteiger partial charge in [-0.1, -0.05) is 32.9 Å². The summed E-state index contributed by atoms with van der Waals surface area (Å²) in [6.07, 6.45) is 6.02. The number of carbonyl (C=O) groups excluding carboxylic acids is 1. The highest BCUT2D eigenvalue weighted by Gasteiger charge is 2.28. The number of hydrogen-bond acceptors (Lipinski definition) is 5. The number of benzene rings is 2. The number of nitrogens with one attached hydrogen (secondary N) is 1. The van der Waals surface area contributed by atoms with Crippen LogP contribution in [-0.4, -0.2) is 44.9 Å². The van der Waals surface area contributed by atoms with E-state index in [9.17, 15) is 14.7 Å².